The van der Waals surface area contributed by atoms with E-state index >= 15 is 0 Å². The fourth-order valence-corrected chi connectivity index (χ4v) is 6.30. The molecule has 254 valence electrons. The van der Waals surface area contributed by atoms with Crippen molar-refractivity contribution in [1.29, 1.82) is 0 Å². The fourth-order valence-electron chi connectivity index (χ4n) is 6.30. The minimum absolute atomic E-state index is 1.09. The van der Waals surface area contributed by atoms with Crippen molar-refractivity contribution in [1.82, 2.24) is 0 Å². The first-order valence-electron chi connectivity index (χ1n) is 19.0. The van der Waals surface area contributed by atoms with Gasteiger partial charge in [0.1, 0.15) is 0 Å². The van der Waals surface area contributed by atoms with Crippen LogP contribution in [0.2, 0.25) is 0 Å². The van der Waals surface area contributed by atoms with Crippen molar-refractivity contribution in [2.45, 2.75) is 119 Å². The summed E-state index contributed by atoms with van der Waals surface area (Å²) in [5.41, 5.74) is 7.88. The Morgan fingerprint density at radius 3 is 0.696 bits per heavy atom. The summed E-state index contributed by atoms with van der Waals surface area (Å²) in [5, 5.41) is 0. The zero-order valence-electron chi connectivity index (χ0n) is 30.4. The minimum Gasteiger partial charge on any atom is -0.370 e. The van der Waals surface area contributed by atoms with Crippen LogP contribution >= 0.6 is 0 Å². The number of para-hydroxylation sites is 6. The van der Waals surface area contributed by atoms with Crippen LogP contribution < -0.4 is 19.6 Å². The van der Waals surface area contributed by atoms with Gasteiger partial charge in [-0.25, -0.2) is 0 Å². The molecule has 4 heteroatoms. The lowest BCUT2D eigenvalue weighted by molar-refractivity contribution is 0.675. The number of hydrogen-bond donors (Lipinski definition) is 0. The molecule has 0 amide bonds. The summed E-state index contributed by atoms with van der Waals surface area (Å²) in [6.45, 7) is 20.4. The maximum atomic E-state index is 2.67. The van der Waals surface area contributed by atoms with E-state index in [4.69, 9.17) is 0 Å². The molecule has 0 fully saturated rings. The Morgan fingerprint density at radius 1 is 0.304 bits per heavy atom. The van der Waals surface area contributed by atoms with Crippen LogP contribution in [-0.4, -0.2) is 39.3 Å². The average molecular weight is 627 g/mol. The molecule has 3 aromatic carbocycles. The maximum absolute atomic E-state index is 2.67. The first-order chi connectivity index (χ1) is 22.6. The van der Waals surface area contributed by atoms with Crippen LogP contribution in [0.25, 0.3) is 0 Å². The number of nitrogens with zero attached hydrogens (tertiary/aromatic N) is 4. The van der Waals surface area contributed by atoms with Gasteiger partial charge in [0.05, 0.1) is 34.1 Å². The minimum atomic E-state index is 1.09. The van der Waals surface area contributed by atoms with Crippen LogP contribution in [0.3, 0.4) is 0 Å². The van der Waals surface area contributed by atoms with Crippen molar-refractivity contribution in [2.75, 3.05) is 58.9 Å². The lowest BCUT2D eigenvalue weighted by Crippen LogP contribution is -2.31. The Morgan fingerprint density at radius 2 is 0.500 bits per heavy atom. The third kappa shape index (κ3) is 10.7. The van der Waals surface area contributed by atoms with Crippen LogP contribution in [0, 0.1) is 0 Å². The number of unbranched alkanes of at least 4 members (excludes halogenated alkanes) is 6. The molecular formula is C42H66N4. The summed E-state index contributed by atoms with van der Waals surface area (Å²) in [6, 6.07) is 27.7. The topological polar surface area (TPSA) is 13.0 Å². The highest BCUT2D eigenvalue weighted by molar-refractivity contribution is 5.94. The summed E-state index contributed by atoms with van der Waals surface area (Å²) >= 11 is 0. The Labute approximate surface area is 283 Å². The van der Waals surface area contributed by atoms with E-state index in [0.717, 1.165) is 39.3 Å². The highest BCUT2D eigenvalue weighted by atomic mass is 15.3. The van der Waals surface area contributed by atoms with Crippen LogP contribution in [0.15, 0.2) is 72.8 Å². The summed E-state index contributed by atoms with van der Waals surface area (Å²) in [7, 11) is 0. The maximum Gasteiger partial charge on any atom is 0.0697 e. The Balaban J connectivity index is 2.34. The second-order valence-electron chi connectivity index (χ2n) is 12.9. The zero-order chi connectivity index (χ0) is 33.0. The SMILES string of the molecule is CCCCN(CCCC)c1ccccc1N(c1ccccc1N(CCCC)CCCC)c1ccccc1N(CCCC)CCCC. The van der Waals surface area contributed by atoms with Crippen molar-refractivity contribution < 1.29 is 0 Å². The van der Waals surface area contributed by atoms with Gasteiger partial charge in [-0.15, -0.1) is 0 Å². The van der Waals surface area contributed by atoms with E-state index in [9.17, 15) is 0 Å². The lowest BCUT2D eigenvalue weighted by Gasteiger charge is -2.38. The zero-order valence-corrected chi connectivity index (χ0v) is 30.4. The molecule has 0 bridgehead atoms. The molecule has 3 rings (SSSR count). The van der Waals surface area contributed by atoms with E-state index in [-0.39, 0.29) is 0 Å². The number of benzene rings is 3. The molecule has 0 atom stereocenters. The molecule has 0 saturated carbocycles. The van der Waals surface area contributed by atoms with Gasteiger partial charge >= 0.3 is 0 Å². The van der Waals surface area contributed by atoms with Gasteiger partial charge in [0.2, 0.25) is 0 Å². The Bertz CT molecular complexity index is 1050. The van der Waals surface area contributed by atoms with Crippen LogP contribution in [0.4, 0.5) is 34.1 Å². The quantitative estimate of drug-likeness (QED) is 0.0980. The van der Waals surface area contributed by atoms with Crippen LogP contribution in [-0.2, 0) is 0 Å². The molecule has 0 aromatic heterocycles. The van der Waals surface area contributed by atoms with E-state index in [0.29, 0.717) is 0 Å². The van der Waals surface area contributed by atoms with Crippen molar-refractivity contribution in [3.05, 3.63) is 72.8 Å². The van der Waals surface area contributed by atoms with Gasteiger partial charge in [-0.05, 0) is 74.9 Å². The van der Waals surface area contributed by atoms with Gasteiger partial charge in [0.25, 0.3) is 0 Å². The van der Waals surface area contributed by atoms with Crippen LogP contribution in [0.1, 0.15) is 119 Å². The second kappa shape index (κ2) is 21.6. The molecule has 4 nitrogen and oxygen atoms in total. The molecule has 0 aliphatic carbocycles. The highest BCUT2D eigenvalue weighted by Crippen LogP contribution is 2.47. The average Bonchev–Trinajstić information content (AvgIpc) is 3.10. The molecule has 46 heavy (non-hydrogen) atoms. The van der Waals surface area contributed by atoms with Crippen molar-refractivity contribution in [2.24, 2.45) is 0 Å². The van der Waals surface area contributed by atoms with E-state index < -0.39 is 0 Å². The second-order valence-corrected chi connectivity index (χ2v) is 12.9. The van der Waals surface area contributed by atoms with E-state index in [2.05, 4.69) is 134 Å². The van der Waals surface area contributed by atoms with Gasteiger partial charge in [-0.3, -0.25) is 0 Å². The van der Waals surface area contributed by atoms with Crippen molar-refractivity contribution >= 4 is 34.1 Å². The van der Waals surface area contributed by atoms with Gasteiger partial charge < -0.3 is 19.6 Å². The summed E-state index contributed by atoms with van der Waals surface area (Å²) in [5.74, 6) is 0. The summed E-state index contributed by atoms with van der Waals surface area (Å²) in [6.07, 6.45) is 14.4. The summed E-state index contributed by atoms with van der Waals surface area (Å²) < 4.78 is 0. The first kappa shape index (κ1) is 37.3. The van der Waals surface area contributed by atoms with E-state index in [1.807, 2.05) is 0 Å². The first-order valence-corrected chi connectivity index (χ1v) is 19.0. The third-order valence-electron chi connectivity index (χ3n) is 9.08. The molecule has 0 heterocycles. The largest absolute Gasteiger partial charge is 0.370 e. The molecule has 0 aliphatic heterocycles. The van der Waals surface area contributed by atoms with E-state index in [1.165, 1.54) is 111 Å². The third-order valence-corrected chi connectivity index (χ3v) is 9.08. The standard InChI is InChI=1S/C42H66N4/c1-7-13-31-43(32-14-8-2)37-25-19-22-28-40(37)46(41-29-23-20-26-38(41)44(33-15-9-3)34-16-10-4)42-30-24-21-27-39(42)45(35-17-11-5)36-18-12-6/h19-30H,7-18,31-36H2,1-6H3. The van der Waals surface area contributed by atoms with Gasteiger partial charge in [0, 0.05) is 39.3 Å². The molecule has 0 spiro atoms. The molecule has 0 radical (unpaired) electrons. The smallest absolute Gasteiger partial charge is 0.0697 e. The monoisotopic (exact) mass is 627 g/mol. The number of anilines is 6. The summed E-state index contributed by atoms with van der Waals surface area (Å²) in [4.78, 5) is 10.6. The predicted octanol–water partition coefficient (Wildman–Crippen LogP) is 12.4. The predicted molar refractivity (Wildman–Crippen MR) is 207 cm³/mol. The fraction of sp³-hybridized carbons (Fsp3) is 0.571. The van der Waals surface area contributed by atoms with Crippen LogP contribution in [0.5, 0.6) is 0 Å². The van der Waals surface area contributed by atoms with Gasteiger partial charge in [0.15, 0.2) is 0 Å². The molecule has 0 unspecified atom stereocenters. The number of hydrogen-bond acceptors (Lipinski definition) is 4. The number of rotatable bonds is 24. The van der Waals surface area contributed by atoms with Crippen molar-refractivity contribution in [3.63, 3.8) is 0 Å². The molecule has 0 saturated heterocycles. The Hall–Kier alpha value is -3.14. The highest BCUT2D eigenvalue weighted by Gasteiger charge is 2.26. The normalized spacial score (nSPS) is 11.1. The van der Waals surface area contributed by atoms with Gasteiger partial charge in [-0.1, -0.05) is 116 Å². The van der Waals surface area contributed by atoms with Crippen molar-refractivity contribution in [3.8, 4) is 0 Å². The lowest BCUT2D eigenvalue weighted by atomic mass is 10.1. The van der Waals surface area contributed by atoms with E-state index in [1.54, 1.807) is 0 Å². The Kier molecular flexibility index (Phi) is 17.5. The van der Waals surface area contributed by atoms with Gasteiger partial charge in [-0.2, -0.15) is 0 Å². The molecular weight excluding hydrogens is 560 g/mol. The molecule has 0 aliphatic rings. The molecule has 3 aromatic rings. The molecule has 0 N–H and O–H groups in total.